The van der Waals surface area contributed by atoms with Crippen LogP contribution in [-0.2, 0) is 35.9 Å². The van der Waals surface area contributed by atoms with E-state index < -0.39 is 23.0 Å². The number of hydrogen-bond donors (Lipinski definition) is 4. The molecule has 4 N–H and O–H groups in total. The van der Waals surface area contributed by atoms with Crippen molar-refractivity contribution in [2.75, 3.05) is 0 Å². The predicted molar refractivity (Wildman–Crippen MR) is 191 cm³/mol. The summed E-state index contributed by atoms with van der Waals surface area (Å²) >= 11 is 7.25. The van der Waals surface area contributed by atoms with Gasteiger partial charge in [0.2, 0.25) is 0 Å². The van der Waals surface area contributed by atoms with Gasteiger partial charge in [-0.2, -0.15) is 0 Å². The molecule has 48 heavy (non-hydrogen) atoms. The van der Waals surface area contributed by atoms with Crippen LogP contribution in [0.3, 0.4) is 0 Å². The summed E-state index contributed by atoms with van der Waals surface area (Å²) in [4.78, 5) is 22.9. The first-order valence-corrected chi connectivity index (χ1v) is 17.6. The summed E-state index contributed by atoms with van der Waals surface area (Å²) in [6.07, 6.45) is 2.63. The second-order valence-electron chi connectivity index (χ2n) is 12.8. The van der Waals surface area contributed by atoms with Gasteiger partial charge in [-0.25, -0.2) is 0 Å². The quantitative estimate of drug-likeness (QED) is 0.0959. The molecule has 6 rings (SSSR count). The summed E-state index contributed by atoms with van der Waals surface area (Å²) in [7, 11) is 0. The summed E-state index contributed by atoms with van der Waals surface area (Å²) in [6, 6.07) is 24.2. The van der Waals surface area contributed by atoms with Crippen molar-refractivity contribution in [1.29, 1.82) is 0 Å². The van der Waals surface area contributed by atoms with E-state index in [2.05, 4.69) is 92.7 Å². The Labute approximate surface area is 297 Å². The first-order valence-electron chi connectivity index (χ1n) is 16.0. The van der Waals surface area contributed by atoms with Crippen molar-refractivity contribution in [3.63, 3.8) is 0 Å². The molecular weight excluding hydrogens is 740 g/mol. The number of carbonyl (C=O) groups is 2. The first kappa shape index (κ1) is 34.2. The van der Waals surface area contributed by atoms with Crippen molar-refractivity contribution < 1.29 is 29.3 Å². The highest BCUT2D eigenvalue weighted by Crippen LogP contribution is 2.38. The second kappa shape index (κ2) is 14.0. The molecule has 0 heterocycles. The largest absolute Gasteiger partial charge is 0.488 e. The minimum absolute atomic E-state index is 0.399. The molecule has 0 radical (unpaired) electrons. The highest BCUT2D eigenvalue weighted by Gasteiger charge is 2.50. The standard InChI is InChI=1S/C38H38Br2N2O6/c1-23-27(21-47-33-11-9-25(17-31(33)39)19-41-37(13-14-37)35(43)44)5-3-7-29(23)30-8-4-6-28(24(30)2)22-48-34-12-10-26(18-32(34)40)20-42-38(15-16-38)36(45)46/h3-12,17-18,41-42H,13-16,19-22H2,1-2H3,(H,43,44)(H,45,46). The molecular formula is C38H38Br2N2O6. The molecule has 0 aromatic heterocycles. The van der Waals surface area contributed by atoms with Gasteiger partial charge in [0, 0.05) is 13.1 Å². The molecule has 4 aromatic rings. The minimum Gasteiger partial charge on any atom is -0.488 e. The molecule has 2 aliphatic carbocycles. The fourth-order valence-electron chi connectivity index (χ4n) is 5.84. The number of nitrogens with one attached hydrogen (secondary N) is 2. The monoisotopic (exact) mass is 776 g/mol. The van der Waals surface area contributed by atoms with Crippen LogP contribution in [0.25, 0.3) is 11.1 Å². The average Bonchev–Trinajstić information content (AvgIpc) is 3.99. The Bertz CT molecular complexity index is 1730. The van der Waals surface area contributed by atoms with Gasteiger partial charge in [-0.05, 0) is 140 Å². The molecule has 2 fully saturated rings. The molecule has 0 spiro atoms. The minimum atomic E-state index is -0.791. The summed E-state index contributed by atoms with van der Waals surface area (Å²) in [5.74, 6) is -0.135. The third-order valence-corrected chi connectivity index (χ3v) is 10.8. The van der Waals surface area contributed by atoms with Crippen molar-refractivity contribution in [3.8, 4) is 22.6 Å². The van der Waals surface area contributed by atoms with Crippen LogP contribution in [-0.4, -0.2) is 33.2 Å². The van der Waals surface area contributed by atoms with Crippen molar-refractivity contribution in [3.05, 3.63) is 115 Å². The molecule has 0 bridgehead atoms. The Balaban J connectivity index is 1.09. The molecule has 2 saturated carbocycles. The van der Waals surface area contributed by atoms with E-state index in [9.17, 15) is 19.8 Å². The number of halogens is 2. The third kappa shape index (κ3) is 7.47. The molecule has 0 aliphatic heterocycles. The number of hydrogen-bond acceptors (Lipinski definition) is 6. The molecule has 10 heteroatoms. The van der Waals surface area contributed by atoms with E-state index in [0.29, 0.717) is 52.0 Å². The summed E-state index contributed by atoms with van der Waals surface area (Å²) in [6.45, 7) is 5.99. The van der Waals surface area contributed by atoms with Crippen LogP contribution in [0.4, 0.5) is 0 Å². The Morgan fingerprint density at radius 1 is 0.667 bits per heavy atom. The van der Waals surface area contributed by atoms with Crippen LogP contribution >= 0.6 is 31.9 Å². The molecule has 2 aliphatic rings. The van der Waals surface area contributed by atoms with E-state index in [1.807, 2.05) is 36.4 Å². The smallest absolute Gasteiger partial charge is 0.323 e. The fraction of sp³-hybridized carbons (Fsp3) is 0.316. The van der Waals surface area contributed by atoms with Crippen LogP contribution in [0, 0.1) is 13.8 Å². The molecule has 0 saturated heterocycles. The van der Waals surface area contributed by atoms with E-state index >= 15 is 0 Å². The number of carboxylic acid groups (broad SMARTS) is 2. The number of aliphatic carboxylic acids is 2. The second-order valence-corrected chi connectivity index (χ2v) is 14.5. The third-order valence-electron chi connectivity index (χ3n) is 9.52. The lowest BCUT2D eigenvalue weighted by atomic mass is 9.92. The molecule has 0 amide bonds. The zero-order valence-electron chi connectivity index (χ0n) is 26.9. The lowest BCUT2D eigenvalue weighted by molar-refractivity contribution is -0.141. The van der Waals surface area contributed by atoms with Gasteiger partial charge in [0.25, 0.3) is 0 Å². The van der Waals surface area contributed by atoms with E-state index in [-0.39, 0.29) is 0 Å². The molecule has 250 valence electrons. The Hall–Kier alpha value is -3.70. The van der Waals surface area contributed by atoms with Gasteiger partial charge in [0.05, 0.1) is 8.95 Å². The lowest BCUT2D eigenvalue weighted by Crippen LogP contribution is -2.38. The van der Waals surface area contributed by atoms with Gasteiger partial charge in [-0.3, -0.25) is 20.2 Å². The van der Waals surface area contributed by atoms with Gasteiger partial charge in [-0.1, -0.05) is 48.5 Å². The lowest BCUT2D eigenvalue weighted by Gasteiger charge is -2.18. The number of rotatable bonds is 15. The molecule has 4 aromatic carbocycles. The van der Waals surface area contributed by atoms with Crippen LogP contribution in [0.15, 0.2) is 81.7 Å². The normalized spacial score (nSPS) is 15.5. The molecule has 0 atom stereocenters. The van der Waals surface area contributed by atoms with Gasteiger partial charge >= 0.3 is 11.9 Å². The first-order chi connectivity index (χ1) is 23.0. The highest BCUT2D eigenvalue weighted by molar-refractivity contribution is 9.10. The van der Waals surface area contributed by atoms with Crippen LogP contribution in [0.5, 0.6) is 11.5 Å². The maximum absolute atomic E-state index is 11.5. The summed E-state index contributed by atoms with van der Waals surface area (Å²) < 4.78 is 14.1. The zero-order valence-corrected chi connectivity index (χ0v) is 30.0. The van der Waals surface area contributed by atoms with E-state index in [1.54, 1.807) is 0 Å². The summed E-state index contributed by atoms with van der Waals surface area (Å²) in [5.41, 5.74) is 7.14. The van der Waals surface area contributed by atoms with E-state index in [4.69, 9.17) is 9.47 Å². The molecule has 8 nitrogen and oxygen atoms in total. The van der Waals surface area contributed by atoms with E-state index in [1.165, 1.54) is 0 Å². The van der Waals surface area contributed by atoms with Gasteiger partial charge < -0.3 is 19.7 Å². The summed E-state index contributed by atoms with van der Waals surface area (Å²) in [5, 5.41) is 25.2. The van der Waals surface area contributed by atoms with Gasteiger partial charge in [-0.15, -0.1) is 0 Å². The van der Waals surface area contributed by atoms with Gasteiger partial charge in [0.15, 0.2) is 0 Å². The maximum atomic E-state index is 11.5. The predicted octanol–water partition coefficient (Wildman–Crippen LogP) is 8.07. The topological polar surface area (TPSA) is 117 Å². The SMILES string of the molecule is Cc1c(COc2ccc(CNC3(C(=O)O)CC3)cc2Br)cccc1-c1cccc(COc2ccc(CNC3(C(=O)O)CC3)cc2Br)c1C. The Morgan fingerprint density at radius 3 is 1.40 bits per heavy atom. The van der Waals surface area contributed by atoms with Crippen LogP contribution < -0.4 is 20.1 Å². The number of ether oxygens (including phenoxy) is 2. The zero-order chi connectivity index (χ0) is 34.1. The Morgan fingerprint density at radius 2 is 1.06 bits per heavy atom. The Kier molecular flexibility index (Phi) is 9.99. The van der Waals surface area contributed by atoms with E-state index in [0.717, 1.165) is 65.0 Å². The van der Waals surface area contributed by atoms with Crippen LogP contribution in [0.1, 0.15) is 59.1 Å². The molecule has 0 unspecified atom stereocenters. The fourth-order valence-corrected chi connectivity index (χ4v) is 6.92. The van der Waals surface area contributed by atoms with Crippen molar-refractivity contribution in [1.82, 2.24) is 10.6 Å². The van der Waals surface area contributed by atoms with Crippen molar-refractivity contribution >= 4 is 43.8 Å². The number of benzene rings is 4. The van der Waals surface area contributed by atoms with Crippen molar-refractivity contribution in [2.45, 2.75) is 76.9 Å². The maximum Gasteiger partial charge on any atom is 0.323 e. The van der Waals surface area contributed by atoms with Crippen LogP contribution in [0.2, 0.25) is 0 Å². The van der Waals surface area contributed by atoms with Gasteiger partial charge in [0.1, 0.15) is 35.8 Å². The number of carboxylic acids is 2. The van der Waals surface area contributed by atoms with Crippen molar-refractivity contribution in [2.24, 2.45) is 0 Å². The highest BCUT2D eigenvalue weighted by atomic mass is 79.9. The average molecular weight is 779 g/mol.